The van der Waals surface area contributed by atoms with E-state index < -0.39 is 0 Å². The van der Waals surface area contributed by atoms with Crippen molar-refractivity contribution in [2.75, 3.05) is 0 Å². The summed E-state index contributed by atoms with van der Waals surface area (Å²) >= 11 is 0. The number of carbonyl (C=O) groups excluding carboxylic acids is 1. The minimum atomic E-state index is -0.221. The van der Waals surface area contributed by atoms with E-state index in [1.54, 1.807) is 6.92 Å². The van der Waals surface area contributed by atoms with Crippen LogP contribution >= 0.6 is 0 Å². The van der Waals surface area contributed by atoms with Gasteiger partial charge in [0.25, 0.3) is 0 Å². The maximum atomic E-state index is 10.9. The van der Waals surface area contributed by atoms with Crippen LogP contribution in [0, 0.1) is 11.8 Å². The van der Waals surface area contributed by atoms with Gasteiger partial charge < -0.3 is 5.73 Å². The lowest BCUT2D eigenvalue weighted by Gasteiger charge is -2.12. The van der Waals surface area contributed by atoms with E-state index in [4.69, 9.17) is 5.73 Å². The molecule has 1 aliphatic carbocycles. The first kappa shape index (κ1) is 10.7. The molecule has 0 aromatic heterocycles. The zero-order valence-corrected chi connectivity index (χ0v) is 8.75. The molecule has 1 aliphatic rings. The van der Waals surface area contributed by atoms with Crippen molar-refractivity contribution in [2.45, 2.75) is 52.0 Å². The highest BCUT2D eigenvalue weighted by Crippen LogP contribution is 2.36. The molecule has 0 saturated heterocycles. The van der Waals surface area contributed by atoms with Gasteiger partial charge in [0, 0.05) is 0 Å². The Balaban J connectivity index is 2.05. The van der Waals surface area contributed by atoms with E-state index in [0.29, 0.717) is 0 Å². The number of hydrogen-bond acceptors (Lipinski definition) is 2. The van der Waals surface area contributed by atoms with Gasteiger partial charge in [0.15, 0.2) is 0 Å². The molecule has 1 fully saturated rings. The molecule has 0 bridgehead atoms. The molecule has 1 rings (SSSR count). The maximum Gasteiger partial charge on any atom is 0.146 e. The fourth-order valence-corrected chi connectivity index (χ4v) is 1.71. The maximum absolute atomic E-state index is 10.9. The summed E-state index contributed by atoms with van der Waals surface area (Å²) in [4.78, 5) is 10.9. The normalized spacial score (nSPS) is 21.2. The number of rotatable bonds is 6. The highest BCUT2D eigenvalue weighted by molar-refractivity contribution is 5.80. The van der Waals surface area contributed by atoms with E-state index in [9.17, 15) is 4.79 Å². The number of hydrogen-bond donors (Lipinski definition) is 1. The van der Waals surface area contributed by atoms with Crippen molar-refractivity contribution < 1.29 is 4.79 Å². The van der Waals surface area contributed by atoms with Crippen LogP contribution in [0.15, 0.2) is 0 Å². The van der Waals surface area contributed by atoms with Gasteiger partial charge in [-0.2, -0.15) is 0 Å². The Morgan fingerprint density at radius 3 is 2.54 bits per heavy atom. The van der Waals surface area contributed by atoms with E-state index in [1.165, 1.54) is 19.3 Å². The first-order valence-electron chi connectivity index (χ1n) is 5.35. The zero-order valence-electron chi connectivity index (χ0n) is 8.75. The minimum Gasteiger partial charge on any atom is -0.322 e. The highest BCUT2D eigenvalue weighted by Gasteiger charge is 2.23. The van der Waals surface area contributed by atoms with Gasteiger partial charge in [0.1, 0.15) is 5.78 Å². The van der Waals surface area contributed by atoms with Crippen LogP contribution in [0.1, 0.15) is 46.0 Å². The van der Waals surface area contributed by atoms with Crippen molar-refractivity contribution in [1.82, 2.24) is 0 Å². The number of carbonyl (C=O) groups is 1. The van der Waals surface area contributed by atoms with Crippen LogP contribution in [0.25, 0.3) is 0 Å². The van der Waals surface area contributed by atoms with Crippen LogP contribution in [0.4, 0.5) is 0 Å². The third-order valence-electron chi connectivity index (χ3n) is 2.93. The fourth-order valence-electron chi connectivity index (χ4n) is 1.71. The molecule has 13 heavy (non-hydrogen) atoms. The summed E-state index contributed by atoms with van der Waals surface area (Å²) in [5, 5.41) is 0. The van der Waals surface area contributed by atoms with Gasteiger partial charge in [-0.15, -0.1) is 0 Å². The predicted molar refractivity (Wildman–Crippen MR) is 54.4 cm³/mol. The Bertz CT molecular complexity index is 175. The number of ketones is 1. The Kier molecular flexibility index (Phi) is 3.91. The number of nitrogens with two attached hydrogens (primary N) is 1. The van der Waals surface area contributed by atoms with E-state index in [2.05, 4.69) is 6.92 Å². The summed E-state index contributed by atoms with van der Waals surface area (Å²) in [6, 6.07) is -0.221. The van der Waals surface area contributed by atoms with Gasteiger partial charge in [-0.1, -0.05) is 19.8 Å². The monoisotopic (exact) mass is 183 g/mol. The van der Waals surface area contributed by atoms with Crippen LogP contribution < -0.4 is 5.73 Å². The van der Waals surface area contributed by atoms with E-state index in [-0.39, 0.29) is 11.8 Å². The topological polar surface area (TPSA) is 43.1 Å². The Morgan fingerprint density at radius 1 is 1.46 bits per heavy atom. The Hall–Kier alpha value is -0.370. The lowest BCUT2D eigenvalue weighted by atomic mass is 9.95. The van der Waals surface area contributed by atoms with Gasteiger partial charge in [-0.3, -0.25) is 4.79 Å². The first-order chi connectivity index (χ1) is 6.09. The molecule has 76 valence electrons. The summed E-state index contributed by atoms with van der Waals surface area (Å²) in [6.45, 7) is 3.85. The summed E-state index contributed by atoms with van der Waals surface area (Å²) in [5.41, 5.74) is 5.66. The van der Waals surface area contributed by atoms with Crippen molar-refractivity contribution in [3.8, 4) is 0 Å². The third-order valence-corrected chi connectivity index (χ3v) is 2.93. The molecule has 0 aromatic rings. The van der Waals surface area contributed by atoms with Crippen LogP contribution in [-0.2, 0) is 4.79 Å². The summed E-state index contributed by atoms with van der Waals surface area (Å²) < 4.78 is 0. The molecular weight excluding hydrogens is 162 g/mol. The first-order valence-corrected chi connectivity index (χ1v) is 5.35. The van der Waals surface area contributed by atoms with Crippen molar-refractivity contribution in [1.29, 1.82) is 0 Å². The zero-order chi connectivity index (χ0) is 9.84. The molecule has 2 atom stereocenters. The molecule has 2 N–H and O–H groups in total. The SMILES string of the molecule is CC(=O)[C@@H](N)CC[C@H](C)CC1CC1. The molecule has 2 nitrogen and oxygen atoms in total. The summed E-state index contributed by atoms with van der Waals surface area (Å²) in [5.74, 6) is 1.86. The fraction of sp³-hybridized carbons (Fsp3) is 0.909. The second-order valence-electron chi connectivity index (χ2n) is 4.58. The smallest absolute Gasteiger partial charge is 0.146 e. The van der Waals surface area contributed by atoms with Crippen molar-refractivity contribution in [3.05, 3.63) is 0 Å². The second-order valence-corrected chi connectivity index (χ2v) is 4.58. The van der Waals surface area contributed by atoms with Gasteiger partial charge >= 0.3 is 0 Å². The summed E-state index contributed by atoms with van der Waals surface area (Å²) in [6.07, 6.45) is 6.15. The van der Waals surface area contributed by atoms with Gasteiger partial charge in [0.2, 0.25) is 0 Å². The largest absolute Gasteiger partial charge is 0.322 e. The summed E-state index contributed by atoms with van der Waals surface area (Å²) in [7, 11) is 0. The van der Waals surface area contributed by atoms with Crippen molar-refractivity contribution >= 4 is 5.78 Å². The van der Waals surface area contributed by atoms with E-state index in [0.717, 1.165) is 24.7 Å². The minimum absolute atomic E-state index is 0.124. The average Bonchev–Trinajstić information content (AvgIpc) is 2.83. The lowest BCUT2D eigenvalue weighted by molar-refractivity contribution is -0.118. The van der Waals surface area contributed by atoms with E-state index >= 15 is 0 Å². The van der Waals surface area contributed by atoms with Crippen LogP contribution in [0.3, 0.4) is 0 Å². The average molecular weight is 183 g/mol. The van der Waals surface area contributed by atoms with Gasteiger partial charge in [0.05, 0.1) is 6.04 Å². The Labute approximate surface area is 80.9 Å². The standard InChI is InChI=1S/C11H21NO/c1-8(7-10-4-5-10)3-6-11(12)9(2)13/h8,10-11H,3-7,12H2,1-2H3/t8-,11-/m0/s1. The van der Waals surface area contributed by atoms with Crippen molar-refractivity contribution in [2.24, 2.45) is 17.6 Å². The molecule has 0 aromatic carbocycles. The highest BCUT2D eigenvalue weighted by atomic mass is 16.1. The second kappa shape index (κ2) is 4.75. The molecule has 0 unspecified atom stereocenters. The molecule has 0 spiro atoms. The number of Topliss-reactive ketones (excluding diaryl/α,β-unsaturated/α-hetero) is 1. The third kappa shape index (κ3) is 4.41. The molecular formula is C11H21NO. The van der Waals surface area contributed by atoms with Gasteiger partial charge in [-0.25, -0.2) is 0 Å². The molecule has 0 heterocycles. The predicted octanol–water partition coefficient (Wildman–Crippen LogP) is 2.12. The molecule has 0 radical (unpaired) electrons. The Morgan fingerprint density at radius 2 is 2.08 bits per heavy atom. The van der Waals surface area contributed by atoms with Crippen LogP contribution in [0.5, 0.6) is 0 Å². The lowest BCUT2D eigenvalue weighted by Crippen LogP contribution is -2.28. The molecule has 1 saturated carbocycles. The quantitative estimate of drug-likeness (QED) is 0.685. The van der Waals surface area contributed by atoms with Crippen LogP contribution in [0.2, 0.25) is 0 Å². The van der Waals surface area contributed by atoms with Crippen molar-refractivity contribution in [3.63, 3.8) is 0 Å². The molecule has 2 heteroatoms. The molecule has 0 aliphatic heterocycles. The van der Waals surface area contributed by atoms with Crippen LogP contribution in [-0.4, -0.2) is 11.8 Å². The van der Waals surface area contributed by atoms with E-state index in [1.807, 2.05) is 0 Å². The molecule has 0 amide bonds. The van der Waals surface area contributed by atoms with Gasteiger partial charge in [-0.05, 0) is 38.0 Å².